The van der Waals surface area contributed by atoms with Crippen LogP contribution >= 0.6 is 0 Å². The maximum Gasteiger partial charge on any atom is 0.119 e. The molecule has 1 aromatic rings. The number of hydrogen-bond donors (Lipinski definition) is 0. The Labute approximate surface area is 128 Å². The first-order valence-corrected chi connectivity index (χ1v) is 7.90. The lowest BCUT2D eigenvalue weighted by molar-refractivity contribution is 0.0374. The van der Waals surface area contributed by atoms with Crippen LogP contribution in [-0.4, -0.2) is 69.9 Å². The van der Waals surface area contributed by atoms with Crippen molar-refractivity contribution >= 4 is 0 Å². The summed E-state index contributed by atoms with van der Waals surface area (Å²) in [5.41, 5.74) is 1.37. The summed E-state index contributed by atoms with van der Waals surface area (Å²) in [4.78, 5) is 4.62. The lowest BCUT2D eigenvalue weighted by Gasteiger charge is -2.26. The average molecular weight is 292 g/mol. The molecule has 0 amide bonds. The molecule has 1 saturated heterocycles. The molecule has 0 saturated carbocycles. The summed E-state index contributed by atoms with van der Waals surface area (Å²) < 4.78 is 11.2. The highest BCUT2D eigenvalue weighted by Crippen LogP contribution is 2.15. The van der Waals surface area contributed by atoms with E-state index in [1.165, 1.54) is 12.0 Å². The predicted octanol–water partition coefficient (Wildman–Crippen LogP) is 1.89. The molecular weight excluding hydrogens is 264 g/mol. The molecule has 1 heterocycles. The number of hydrogen-bond acceptors (Lipinski definition) is 4. The van der Waals surface area contributed by atoms with Crippen molar-refractivity contribution < 1.29 is 9.47 Å². The minimum Gasteiger partial charge on any atom is -0.492 e. The van der Waals surface area contributed by atoms with E-state index in [1.54, 1.807) is 0 Å². The van der Waals surface area contributed by atoms with Gasteiger partial charge in [0.05, 0.1) is 13.2 Å². The van der Waals surface area contributed by atoms with Crippen LogP contribution < -0.4 is 4.74 Å². The molecule has 21 heavy (non-hydrogen) atoms. The number of nitrogens with zero attached hydrogens (tertiary/aromatic N) is 2. The Bertz CT molecular complexity index is 404. The fourth-order valence-electron chi connectivity index (χ4n) is 2.47. The van der Waals surface area contributed by atoms with E-state index in [0.29, 0.717) is 0 Å². The third-order valence-electron chi connectivity index (χ3n) is 3.75. The summed E-state index contributed by atoms with van der Waals surface area (Å²) in [6.45, 7) is 6.77. The van der Waals surface area contributed by atoms with Crippen LogP contribution in [0.4, 0.5) is 0 Å². The third-order valence-corrected chi connectivity index (χ3v) is 3.75. The van der Waals surface area contributed by atoms with Gasteiger partial charge in [0.1, 0.15) is 12.4 Å². The Morgan fingerprint density at radius 2 is 2.05 bits per heavy atom. The van der Waals surface area contributed by atoms with Gasteiger partial charge in [-0.15, -0.1) is 0 Å². The Morgan fingerprint density at radius 1 is 1.24 bits per heavy atom. The van der Waals surface area contributed by atoms with E-state index in [2.05, 4.69) is 42.1 Å². The zero-order valence-corrected chi connectivity index (χ0v) is 13.4. The fourth-order valence-corrected chi connectivity index (χ4v) is 2.47. The van der Waals surface area contributed by atoms with Crippen molar-refractivity contribution in [2.45, 2.75) is 12.8 Å². The first kappa shape index (κ1) is 16.3. The van der Waals surface area contributed by atoms with Gasteiger partial charge in [-0.3, -0.25) is 4.90 Å². The maximum atomic E-state index is 5.79. The van der Waals surface area contributed by atoms with Crippen molar-refractivity contribution in [2.75, 3.05) is 60.1 Å². The fraction of sp³-hybridized carbons (Fsp3) is 0.647. The summed E-state index contributed by atoms with van der Waals surface area (Å²) in [5.74, 6) is 0.987. The second-order valence-corrected chi connectivity index (χ2v) is 5.86. The predicted molar refractivity (Wildman–Crippen MR) is 86.1 cm³/mol. The van der Waals surface area contributed by atoms with E-state index in [1.807, 2.05) is 6.07 Å². The molecule has 0 spiro atoms. The number of likely N-dealkylation sites (N-methyl/N-ethyl adjacent to an activating group) is 1. The van der Waals surface area contributed by atoms with Gasteiger partial charge in [0.15, 0.2) is 0 Å². The second-order valence-electron chi connectivity index (χ2n) is 5.86. The normalized spacial score (nSPS) is 16.3. The molecule has 1 aromatic carbocycles. The van der Waals surface area contributed by atoms with Gasteiger partial charge in [-0.2, -0.15) is 0 Å². The summed E-state index contributed by atoms with van der Waals surface area (Å²) in [6.07, 6.45) is 2.31. The number of rotatable bonds is 8. The van der Waals surface area contributed by atoms with Crippen molar-refractivity contribution in [3.63, 3.8) is 0 Å². The van der Waals surface area contributed by atoms with Crippen LogP contribution in [0.25, 0.3) is 0 Å². The largest absolute Gasteiger partial charge is 0.492 e. The number of ether oxygens (including phenoxy) is 2. The van der Waals surface area contributed by atoms with Gasteiger partial charge in [-0.25, -0.2) is 0 Å². The monoisotopic (exact) mass is 292 g/mol. The van der Waals surface area contributed by atoms with Crippen LogP contribution in [0, 0.1) is 0 Å². The highest BCUT2D eigenvalue weighted by molar-refractivity contribution is 5.28. The van der Waals surface area contributed by atoms with Crippen molar-refractivity contribution in [2.24, 2.45) is 0 Å². The molecule has 0 aliphatic carbocycles. The first-order valence-electron chi connectivity index (χ1n) is 7.90. The van der Waals surface area contributed by atoms with E-state index in [4.69, 9.17) is 9.47 Å². The summed E-state index contributed by atoms with van der Waals surface area (Å²) in [7, 11) is 4.12. The van der Waals surface area contributed by atoms with Crippen LogP contribution in [0.5, 0.6) is 5.75 Å². The molecule has 0 N–H and O–H groups in total. The highest BCUT2D eigenvalue weighted by atomic mass is 16.5. The van der Waals surface area contributed by atoms with Gasteiger partial charge < -0.3 is 14.4 Å². The summed E-state index contributed by atoms with van der Waals surface area (Å²) in [5, 5.41) is 0. The molecule has 4 heteroatoms. The van der Waals surface area contributed by atoms with Crippen LogP contribution in [0.15, 0.2) is 24.3 Å². The Hall–Kier alpha value is -1.10. The SMILES string of the molecule is CN(C)CCOc1cccc(CCCN2CCOCC2)c1. The molecule has 1 aliphatic rings. The van der Waals surface area contributed by atoms with Gasteiger partial charge in [0.2, 0.25) is 0 Å². The van der Waals surface area contributed by atoms with Crippen molar-refractivity contribution in [1.82, 2.24) is 9.80 Å². The van der Waals surface area contributed by atoms with E-state index in [0.717, 1.165) is 58.2 Å². The lowest BCUT2D eigenvalue weighted by Crippen LogP contribution is -2.36. The summed E-state index contributed by atoms with van der Waals surface area (Å²) >= 11 is 0. The minimum absolute atomic E-state index is 0.740. The molecule has 0 unspecified atom stereocenters. The van der Waals surface area contributed by atoms with Crippen molar-refractivity contribution in [1.29, 1.82) is 0 Å². The molecule has 0 radical (unpaired) electrons. The minimum atomic E-state index is 0.740. The quantitative estimate of drug-likeness (QED) is 0.730. The van der Waals surface area contributed by atoms with Gasteiger partial charge in [-0.05, 0) is 51.2 Å². The van der Waals surface area contributed by atoms with Crippen LogP contribution in [0.1, 0.15) is 12.0 Å². The summed E-state index contributed by atoms with van der Waals surface area (Å²) in [6, 6.07) is 8.50. The Balaban J connectivity index is 1.70. The van der Waals surface area contributed by atoms with Gasteiger partial charge in [0.25, 0.3) is 0 Å². The van der Waals surface area contributed by atoms with E-state index < -0.39 is 0 Å². The van der Waals surface area contributed by atoms with Crippen LogP contribution in [0.3, 0.4) is 0 Å². The van der Waals surface area contributed by atoms with E-state index in [-0.39, 0.29) is 0 Å². The number of aryl methyl sites for hydroxylation is 1. The van der Waals surface area contributed by atoms with E-state index >= 15 is 0 Å². The van der Waals surface area contributed by atoms with Crippen molar-refractivity contribution in [3.05, 3.63) is 29.8 Å². The number of benzene rings is 1. The van der Waals surface area contributed by atoms with Gasteiger partial charge in [-0.1, -0.05) is 12.1 Å². The molecule has 118 valence electrons. The molecule has 1 fully saturated rings. The zero-order valence-electron chi connectivity index (χ0n) is 13.4. The lowest BCUT2D eigenvalue weighted by atomic mass is 10.1. The van der Waals surface area contributed by atoms with E-state index in [9.17, 15) is 0 Å². The maximum absolute atomic E-state index is 5.79. The standard InChI is InChI=1S/C17H28N2O2/c1-18(2)9-14-21-17-7-3-5-16(15-17)6-4-8-19-10-12-20-13-11-19/h3,5,7,15H,4,6,8-14H2,1-2H3. The molecule has 0 atom stereocenters. The first-order chi connectivity index (χ1) is 10.2. The molecule has 2 rings (SSSR count). The van der Waals surface area contributed by atoms with Crippen LogP contribution in [-0.2, 0) is 11.2 Å². The molecule has 0 aromatic heterocycles. The molecular formula is C17H28N2O2. The Morgan fingerprint density at radius 3 is 2.81 bits per heavy atom. The molecule has 4 nitrogen and oxygen atoms in total. The zero-order chi connectivity index (χ0) is 14.9. The van der Waals surface area contributed by atoms with Gasteiger partial charge in [0, 0.05) is 19.6 Å². The second kappa shape index (κ2) is 9.03. The molecule has 0 bridgehead atoms. The Kier molecular flexibility index (Phi) is 7.00. The van der Waals surface area contributed by atoms with Crippen molar-refractivity contribution in [3.8, 4) is 5.75 Å². The topological polar surface area (TPSA) is 24.9 Å². The average Bonchev–Trinajstić information content (AvgIpc) is 2.48. The van der Waals surface area contributed by atoms with Gasteiger partial charge >= 0.3 is 0 Å². The smallest absolute Gasteiger partial charge is 0.119 e. The highest BCUT2D eigenvalue weighted by Gasteiger charge is 2.09. The third kappa shape index (κ3) is 6.46. The number of morpholine rings is 1. The molecule has 1 aliphatic heterocycles. The van der Waals surface area contributed by atoms with Crippen LogP contribution in [0.2, 0.25) is 0 Å².